The van der Waals surface area contributed by atoms with Crippen molar-refractivity contribution in [3.8, 4) is 11.5 Å². The van der Waals surface area contributed by atoms with Crippen LogP contribution in [0.3, 0.4) is 0 Å². The van der Waals surface area contributed by atoms with Gasteiger partial charge in [0.1, 0.15) is 11.5 Å². The highest BCUT2D eigenvalue weighted by Gasteiger charge is 2.25. The van der Waals surface area contributed by atoms with Gasteiger partial charge in [-0.1, -0.05) is 0 Å². The molecule has 1 saturated heterocycles. The Morgan fingerprint density at radius 1 is 1.35 bits per heavy atom. The molecular formula is C16H26N2O2. The number of nitrogens with zero attached hydrogens (tertiary/aromatic N) is 1. The average molecular weight is 278 g/mol. The van der Waals surface area contributed by atoms with Gasteiger partial charge in [-0.05, 0) is 44.2 Å². The fourth-order valence-corrected chi connectivity index (χ4v) is 2.83. The van der Waals surface area contributed by atoms with Crippen molar-refractivity contribution in [1.29, 1.82) is 0 Å². The lowest BCUT2D eigenvalue weighted by molar-refractivity contribution is 0.403. The van der Waals surface area contributed by atoms with Gasteiger partial charge in [0.15, 0.2) is 0 Å². The Morgan fingerprint density at radius 3 is 2.80 bits per heavy atom. The maximum atomic E-state index is 5.85. The van der Waals surface area contributed by atoms with Crippen LogP contribution in [0.25, 0.3) is 0 Å². The van der Waals surface area contributed by atoms with E-state index in [0.29, 0.717) is 6.04 Å². The van der Waals surface area contributed by atoms with Crippen LogP contribution in [-0.4, -0.2) is 33.4 Å². The van der Waals surface area contributed by atoms with Crippen LogP contribution in [0, 0.1) is 5.92 Å². The van der Waals surface area contributed by atoms with Crippen LogP contribution in [0.4, 0.5) is 5.69 Å². The number of methoxy groups -OCH3 is 2. The van der Waals surface area contributed by atoms with Crippen LogP contribution in [0.5, 0.6) is 11.5 Å². The highest BCUT2D eigenvalue weighted by atomic mass is 16.5. The molecule has 0 radical (unpaired) electrons. The van der Waals surface area contributed by atoms with Gasteiger partial charge in [0.05, 0.1) is 19.9 Å². The van der Waals surface area contributed by atoms with E-state index in [4.69, 9.17) is 15.2 Å². The van der Waals surface area contributed by atoms with Crippen LogP contribution >= 0.6 is 0 Å². The minimum absolute atomic E-state index is 0.301. The quantitative estimate of drug-likeness (QED) is 0.869. The highest BCUT2D eigenvalue weighted by Crippen LogP contribution is 2.36. The van der Waals surface area contributed by atoms with Crippen LogP contribution in [0.2, 0.25) is 0 Å². The Bertz CT molecular complexity index is 434. The molecule has 0 aliphatic carbocycles. The fourth-order valence-electron chi connectivity index (χ4n) is 2.83. The first-order valence-corrected chi connectivity index (χ1v) is 7.36. The molecule has 0 saturated carbocycles. The van der Waals surface area contributed by atoms with E-state index in [1.54, 1.807) is 14.2 Å². The highest BCUT2D eigenvalue weighted by molar-refractivity contribution is 5.62. The van der Waals surface area contributed by atoms with Gasteiger partial charge >= 0.3 is 0 Å². The topological polar surface area (TPSA) is 47.7 Å². The predicted octanol–water partition coefficient (Wildman–Crippen LogP) is 2.66. The lowest BCUT2D eigenvalue weighted by atomic mass is 10.0. The molecule has 20 heavy (non-hydrogen) atoms. The number of anilines is 1. The van der Waals surface area contributed by atoms with Gasteiger partial charge in [-0.2, -0.15) is 0 Å². The summed E-state index contributed by atoms with van der Waals surface area (Å²) in [7, 11) is 3.41. The number of rotatable bonds is 6. The number of nitrogens with two attached hydrogens (primary N) is 1. The van der Waals surface area contributed by atoms with Crippen molar-refractivity contribution < 1.29 is 9.47 Å². The molecule has 2 N–H and O–H groups in total. The summed E-state index contributed by atoms with van der Waals surface area (Å²) in [6.07, 6.45) is 3.54. The maximum Gasteiger partial charge on any atom is 0.142 e. The molecule has 1 aromatic carbocycles. The van der Waals surface area contributed by atoms with E-state index in [-0.39, 0.29) is 0 Å². The third kappa shape index (κ3) is 3.57. The standard InChI is InChI=1S/C16H26N2O2/c1-12(17)4-5-13-8-9-18(11-13)15-10-14(19-2)6-7-16(15)20-3/h6-7,10,12-13H,4-5,8-9,11,17H2,1-3H3. The molecule has 2 rings (SSSR count). The number of ether oxygens (including phenoxy) is 2. The van der Waals surface area contributed by atoms with Crippen LogP contribution in [0.15, 0.2) is 18.2 Å². The van der Waals surface area contributed by atoms with Crippen molar-refractivity contribution in [1.82, 2.24) is 0 Å². The first-order chi connectivity index (χ1) is 9.63. The molecule has 4 heteroatoms. The molecule has 1 aliphatic rings. The van der Waals surface area contributed by atoms with E-state index >= 15 is 0 Å². The normalized spacial score (nSPS) is 20.0. The summed E-state index contributed by atoms with van der Waals surface area (Å²) >= 11 is 0. The molecule has 0 bridgehead atoms. The fraction of sp³-hybridized carbons (Fsp3) is 0.625. The predicted molar refractivity (Wildman–Crippen MR) is 82.7 cm³/mol. The molecule has 0 amide bonds. The lowest BCUT2D eigenvalue weighted by Gasteiger charge is -2.22. The largest absolute Gasteiger partial charge is 0.497 e. The van der Waals surface area contributed by atoms with Crippen LogP contribution in [0.1, 0.15) is 26.2 Å². The molecule has 2 unspecified atom stereocenters. The van der Waals surface area contributed by atoms with Gasteiger partial charge in [-0.3, -0.25) is 0 Å². The zero-order chi connectivity index (χ0) is 14.5. The summed E-state index contributed by atoms with van der Waals surface area (Å²) in [6.45, 7) is 4.24. The average Bonchev–Trinajstić information content (AvgIpc) is 2.93. The third-order valence-electron chi connectivity index (χ3n) is 4.04. The first kappa shape index (κ1) is 15.0. The Kier molecular flexibility index (Phi) is 5.12. The van der Waals surface area contributed by atoms with Crippen molar-refractivity contribution in [2.24, 2.45) is 11.7 Å². The number of hydrogen-bond acceptors (Lipinski definition) is 4. The molecular weight excluding hydrogens is 252 g/mol. The van der Waals surface area contributed by atoms with Crippen molar-refractivity contribution >= 4 is 5.69 Å². The minimum Gasteiger partial charge on any atom is -0.497 e. The molecule has 2 atom stereocenters. The zero-order valence-corrected chi connectivity index (χ0v) is 12.8. The summed E-state index contributed by atoms with van der Waals surface area (Å²) in [5.74, 6) is 2.52. The first-order valence-electron chi connectivity index (χ1n) is 7.36. The van der Waals surface area contributed by atoms with E-state index in [2.05, 4.69) is 17.9 Å². The van der Waals surface area contributed by atoms with Crippen molar-refractivity contribution in [3.05, 3.63) is 18.2 Å². The van der Waals surface area contributed by atoms with E-state index in [9.17, 15) is 0 Å². The molecule has 1 heterocycles. The lowest BCUT2D eigenvalue weighted by Crippen LogP contribution is -2.21. The second kappa shape index (κ2) is 6.84. The Labute approximate surface area is 121 Å². The Morgan fingerprint density at radius 2 is 2.15 bits per heavy atom. The molecule has 112 valence electrons. The van der Waals surface area contributed by atoms with Gasteiger partial charge in [-0.25, -0.2) is 0 Å². The van der Waals surface area contributed by atoms with E-state index in [0.717, 1.165) is 42.6 Å². The van der Waals surface area contributed by atoms with Gasteiger partial charge in [0.25, 0.3) is 0 Å². The number of hydrogen-bond donors (Lipinski definition) is 1. The van der Waals surface area contributed by atoms with Gasteiger partial charge in [0.2, 0.25) is 0 Å². The van der Waals surface area contributed by atoms with Gasteiger partial charge in [0, 0.05) is 25.2 Å². The molecule has 1 fully saturated rings. The summed E-state index contributed by atoms with van der Waals surface area (Å²) in [4.78, 5) is 2.40. The molecule has 4 nitrogen and oxygen atoms in total. The second-order valence-corrected chi connectivity index (χ2v) is 5.69. The SMILES string of the molecule is COc1ccc(OC)c(N2CCC(CCC(C)N)C2)c1. The van der Waals surface area contributed by atoms with E-state index < -0.39 is 0 Å². The third-order valence-corrected chi connectivity index (χ3v) is 4.04. The monoisotopic (exact) mass is 278 g/mol. The zero-order valence-electron chi connectivity index (χ0n) is 12.8. The summed E-state index contributed by atoms with van der Waals surface area (Å²) in [6, 6.07) is 6.28. The molecule has 0 aromatic heterocycles. The smallest absolute Gasteiger partial charge is 0.142 e. The Balaban J connectivity index is 2.05. The summed E-state index contributed by atoms with van der Waals surface area (Å²) in [5, 5.41) is 0. The van der Waals surface area contributed by atoms with Crippen LogP contribution < -0.4 is 20.1 Å². The summed E-state index contributed by atoms with van der Waals surface area (Å²) < 4.78 is 10.8. The van der Waals surface area contributed by atoms with Crippen LogP contribution in [-0.2, 0) is 0 Å². The van der Waals surface area contributed by atoms with Gasteiger partial charge < -0.3 is 20.1 Å². The number of benzene rings is 1. The van der Waals surface area contributed by atoms with E-state index in [1.165, 1.54) is 12.8 Å². The molecule has 1 aliphatic heterocycles. The second-order valence-electron chi connectivity index (χ2n) is 5.69. The Hall–Kier alpha value is -1.42. The molecule has 1 aromatic rings. The minimum atomic E-state index is 0.301. The van der Waals surface area contributed by atoms with E-state index in [1.807, 2.05) is 12.1 Å². The van der Waals surface area contributed by atoms with Crippen molar-refractivity contribution in [2.75, 3.05) is 32.2 Å². The van der Waals surface area contributed by atoms with Crippen molar-refractivity contribution in [2.45, 2.75) is 32.2 Å². The van der Waals surface area contributed by atoms with Gasteiger partial charge in [-0.15, -0.1) is 0 Å². The molecule has 0 spiro atoms. The van der Waals surface area contributed by atoms with Crippen molar-refractivity contribution in [3.63, 3.8) is 0 Å². The maximum absolute atomic E-state index is 5.85. The summed E-state index contributed by atoms with van der Waals surface area (Å²) in [5.41, 5.74) is 6.98.